The number of sulfonamides is 1. The summed E-state index contributed by atoms with van der Waals surface area (Å²) < 4.78 is 23.7. The molecule has 0 radical (unpaired) electrons. The van der Waals surface area contributed by atoms with Crippen LogP contribution in [0.25, 0.3) is 0 Å². The molecule has 0 saturated heterocycles. The molecule has 2 amide bonds. The van der Waals surface area contributed by atoms with Gasteiger partial charge in [0, 0.05) is 6.04 Å². The number of carbonyl (C=O) groups excluding carboxylic acids is 2. The molecule has 0 heterocycles. The maximum Gasteiger partial charge on any atom is 0.324 e. The van der Waals surface area contributed by atoms with Gasteiger partial charge in [0.15, 0.2) is 0 Å². The second kappa shape index (κ2) is 6.69. The minimum Gasteiger partial charge on any atom is -0.346 e. The summed E-state index contributed by atoms with van der Waals surface area (Å²) in [6, 6.07) is 5.46. The summed E-state index contributed by atoms with van der Waals surface area (Å²) in [7, 11) is -4.04. The highest BCUT2D eigenvalue weighted by molar-refractivity contribution is 7.89. The minimum atomic E-state index is -4.04. The summed E-state index contributed by atoms with van der Waals surface area (Å²) in [6.07, 6.45) is 0. The van der Waals surface area contributed by atoms with Crippen LogP contribution in [0.15, 0.2) is 29.2 Å². The first-order valence-corrected chi connectivity index (χ1v) is 7.47. The van der Waals surface area contributed by atoms with Gasteiger partial charge in [0.1, 0.15) is 4.90 Å². The lowest BCUT2D eigenvalue weighted by Gasteiger charge is -2.10. The molecule has 0 aliphatic rings. The second-order valence-corrected chi connectivity index (χ2v) is 6.18. The molecule has 7 nitrogen and oxygen atoms in total. The molecular formula is C11H14ClN3O4S. The molecule has 3 N–H and O–H groups in total. The minimum absolute atomic E-state index is 0.000816. The number of rotatable bonds is 4. The summed E-state index contributed by atoms with van der Waals surface area (Å²) in [4.78, 5) is 24.2. The third-order valence-electron chi connectivity index (χ3n) is 2.05. The van der Waals surface area contributed by atoms with Gasteiger partial charge in [-0.05, 0) is 26.0 Å². The maximum atomic E-state index is 11.9. The third kappa shape index (κ3) is 4.48. The molecule has 0 spiro atoms. The fourth-order valence-electron chi connectivity index (χ4n) is 1.22. The number of benzene rings is 1. The van der Waals surface area contributed by atoms with Crippen molar-refractivity contribution in [1.29, 1.82) is 0 Å². The van der Waals surface area contributed by atoms with E-state index in [1.807, 2.05) is 0 Å². The molecule has 0 fully saturated rings. The molecule has 0 atom stereocenters. The summed E-state index contributed by atoms with van der Waals surface area (Å²) >= 11 is 5.74. The molecule has 110 valence electrons. The van der Waals surface area contributed by atoms with Gasteiger partial charge in [-0.1, -0.05) is 23.7 Å². The summed E-state index contributed by atoms with van der Waals surface area (Å²) in [5, 5.41) is 2.32. The van der Waals surface area contributed by atoms with Gasteiger partial charge in [0.25, 0.3) is 10.0 Å². The summed E-state index contributed by atoms with van der Waals surface area (Å²) in [5.74, 6) is -2.06. The van der Waals surface area contributed by atoms with E-state index in [4.69, 9.17) is 11.6 Å². The van der Waals surface area contributed by atoms with Crippen molar-refractivity contribution >= 4 is 33.4 Å². The number of halogens is 1. The topological polar surface area (TPSA) is 104 Å². The summed E-state index contributed by atoms with van der Waals surface area (Å²) in [5.41, 5.74) is 1.81. The molecule has 0 aliphatic carbocycles. The molecule has 0 aliphatic heterocycles. The van der Waals surface area contributed by atoms with E-state index in [1.165, 1.54) is 18.2 Å². The number of carbonyl (C=O) groups is 2. The molecule has 0 bridgehead atoms. The standard InChI is InChI=1S/C11H14ClN3O4S/c1-7(2)13-10(16)11(17)14-15-20(18,19)9-6-4-3-5-8(9)12/h3-7,15H,1-2H3,(H,13,16)(H,14,17). The van der Waals surface area contributed by atoms with E-state index in [0.717, 1.165) is 0 Å². The van der Waals surface area contributed by atoms with Gasteiger partial charge >= 0.3 is 11.8 Å². The molecular weight excluding hydrogens is 306 g/mol. The Kier molecular flexibility index (Phi) is 5.49. The molecule has 20 heavy (non-hydrogen) atoms. The van der Waals surface area contributed by atoms with Crippen molar-refractivity contribution in [3.63, 3.8) is 0 Å². The van der Waals surface area contributed by atoms with Crippen LogP contribution in [-0.2, 0) is 19.6 Å². The molecule has 0 aromatic heterocycles. The van der Waals surface area contributed by atoms with Gasteiger partial charge in [-0.2, -0.15) is 0 Å². The Morgan fingerprint density at radius 3 is 2.30 bits per heavy atom. The Balaban J connectivity index is 2.72. The molecule has 0 saturated carbocycles. The Morgan fingerprint density at radius 2 is 1.75 bits per heavy atom. The van der Waals surface area contributed by atoms with Gasteiger partial charge in [-0.15, -0.1) is 4.83 Å². The highest BCUT2D eigenvalue weighted by atomic mass is 35.5. The molecule has 0 unspecified atom stereocenters. The zero-order chi connectivity index (χ0) is 15.3. The number of hydrogen-bond acceptors (Lipinski definition) is 4. The van der Waals surface area contributed by atoms with E-state index in [2.05, 4.69) is 5.32 Å². The number of amides is 2. The van der Waals surface area contributed by atoms with Crippen LogP contribution in [0.3, 0.4) is 0 Å². The quantitative estimate of drug-likeness (QED) is 0.543. The van der Waals surface area contributed by atoms with Gasteiger partial charge in [-0.25, -0.2) is 8.42 Å². The van der Waals surface area contributed by atoms with Crippen molar-refractivity contribution in [2.45, 2.75) is 24.8 Å². The Morgan fingerprint density at radius 1 is 1.15 bits per heavy atom. The van der Waals surface area contributed by atoms with E-state index in [0.29, 0.717) is 0 Å². The SMILES string of the molecule is CC(C)NC(=O)C(=O)NNS(=O)(=O)c1ccccc1Cl. The first-order chi connectivity index (χ1) is 9.24. The predicted molar refractivity (Wildman–Crippen MR) is 73.2 cm³/mol. The van der Waals surface area contributed by atoms with Crippen LogP contribution in [0, 0.1) is 0 Å². The normalized spacial score (nSPS) is 11.2. The summed E-state index contributed by atoms with van der Waals surface area (Å²) in [6.45, 7) is 3.33. The van der Waals surface area contributed by atoms with Gasteiger partial charge in [-0.3, -0.25) is 15.0 Å². The van der Waals surface area contributed by atoms with Crippen LogP contribution in [0.1, 0.15) is 13.8 Å². The van der Waals surface area contributed by atoms with Crippen LogP contribution in [0.2, 0.25) is 5.02 Å². The smallest absolute Gasteiger partial charge is 0.324 e. The van der Waals surface area contributed by atoms with Crippen LogP contribution in [0.4, 0.5) is 0 Å². The largest absolute Gasteiger partial charge is 0.346 e. The average molecular weight is 320 g/mol. The zero-order valence-corrected chi connectivity index (χ0v) is 12.4. The molecule has 1 aromatic carbocycles. The van der Waals surface area contributed by atoms with Gasteiger partial charge in [0.2, 0.25) is 0 Å². The first kappa shape index (κ1) is 16.4. The van der Waals surface area contributed by atoms with Crippen molar-refractivity contribution in [1.82, 2.24) is 15.6 Å². The molecule has 1 aromatic rings. The number of hydrazine groups is 1. The number of hydrogen-bond donors (Lipinski definition) is 3. The van der Waals surface area contributed by atoms with E-state index in [-0.39, 0.29) is 16.0 Å². The van der Waals surface area contributed by atoms with E-state index in [9.17, 15) is 18.0 Å². The van der Waals surface area contributed by atoms with E-state index < -0.39 is 21.8 Å². The lowest BCUT2D eigenvalue weighted by molar-refractivity contribution is -0.139. The van der Waals surface area contributed by atoms with E-state index >= 15 is 0 Å². The van der Waals surface area contributed by atoms with Gasteiger partial charge < -0.3 is 5.32 Å². The highest BCUT2D eigenvalue weighted by Gasteiger charge is 2.20. The Bertz CT molecular complexity index is 616. The third-order valence-corrected chi connectivity index (χ3v) is 3.80. The molecule has 9 heteroatoms. The predicted octanol–water partition coefficient (Wildman–Crippen LogP) is 0.174. The van der Waals surface area contributed by atoms with E-state index in [1.54, 1.807) is 30.2 Å². The monoisotopic (exact) mass is 319 g/mol. The van der Waals surface area contributed by atoms with Crippen molar-refractivity contribution in [3.05, 3.63) is 29.3 Å². The lowest BCUT2D eigenvalue weighted by atomic mass is 10.4. The van der Waals surface area contributed by atoms with Crippen molar-refractivity contribution in [2.24, 2.45) is 0 Å². The fourth-order valence-corrected chi connectivity index (χ4v) is 2.58. The average Bonchev–Trinajstić information content (AvgIpc) is 2.35. The Hall–Kier alpha value is -1.64. The Labute approximate surface area is 121 Å². The fraction of sp³-hybridized carbons (Fsp3) is 0.273. The second-order valence-electron chi connectivity index (χ2n) is 4.12. The van der Waals surface area contributed by atoms with Crippen LogP contribution in [-0.4, -0.2) is 26.3 Å². The van der Waals surface area contributed by atoms with Crippen LogP contribution in [0.5, 0.6) is 0 Å². The van der Waals surface area contributed by atoms with Crippen molar-refractivity contribution in [3.8, 4) is 0 Å². The molecule has 1 rings (SSSR count). The number of nitrogens with one attached hydrogen (secondary N) is 3. The highest BCUT2D eigenvalue weighted by Crippen LogP contribution is 2.19. The lowest BCUT2D eigenvalue weighted by Crippen LogP contribution is -2.49. The van der Waals surface area contributed by atoms with Crippen molar-refractivity contribution < 1.29 is 18.0 Å². The van der Waals surface area contributed by atoms with Crippen molar-refractivity contribution in [2.75, 3.05) is 0 Å². The van der Waals surface area contributed by atoms with Crippen LogP contribution >= 0.6 is 11.6 Å². The zero-order valence-electron chi connectivity index (χ0n) is 10.8. The van der Waals surface area contributed by atoms with Gasteiger partial charge in [0.05, 0.1) is 5.02 Å². The van der Waals surface area contributed by atoms with Crippen LogP contribution < -0.4 is 15.6 Å². The first-order valence-electron chi connectivity index (χ1n) is 5.61. The maximum absolute atomic E-state index is 11.9.